The molecule has 4 heteroatoms. The minimum absolute atomic E-state index is 0.161. The number of likely N-dealkylation sites (tertiary alicyclic amines) is 2. The van der Waals surface area contributed by atoms with Crippen LogP contribution in [0.4, 0.5) is 0 Å². The van der Waals surface area contributed by atoms with E-state index in [2.05, 4.69) is 27.2 Å². The van der Waals surface area contributed by atoms with Crippen LogP contribution in [0.1, 0.15) is 63.4 Å². The van der Waals surface area contributed by atoms with Gasteiger partial charge in [-0.1, -0.05) is 49.6 Å². The number of hydrogen-bond donors (Lipinski definition) is 1. The average molecular weight is 384 g/mol. The van der Waals surface area contributed by atoms with Gasteiger partial charge in [-0.2, -0.15) is 0 Å². The Morgan fingerprint density at radius 1 is 0.821 bits per heavy atom. The van der Waals surface area contributed by atoms with Crippen LogP contribution in [0.15, 0.2) is 30.3 Å². The van der Waals surface area contributed by atoms with Crippen LogP contribution in [0.25, 0.3) is 0 Å². The molecule has 1 aliphatic carbocycles. The van der Waals surface area contributed by atoms with Gasteiger partial charge in [-0.15, -0.1) is 0 Å². The highest BCUT2D eigenvalue weighted by Crippen LogP contribution is 2.28. The first-order valence-electron chi connectivity index (χ1n) is 11.6. The second kappa shape index (κ2) is 9.89. The van der Waals surface area contributed by atoms with Gasteiger partial charge in [0.2, 0.25) is 5.91 Å². The minimum Gasteiger partial charge on any atom is -0.352 e. The van der Waals surface area contributed by atoms with Gasteiger partial charge >= 0.3 is 0 Å². The number of benzene rings is 1. The van der Waals surface area contributed by atoms with Gasteiger partial charge in [-0.25, -0.2) is 0 Å². The van der Waals surface area contributed by atoms with E-state index >= 15 is 0 Å². The van der Waals surface area contributed by atoms with E-state index in [1.807, 2.05) is 18.2 Å². The van der Waals surface area contributed by atoms with E-state index in [9.17, 15) is 4.79 Å². The molecule has 0 aromatic heterocycles. The summed E-state index contributed by atoms with van der Waals surface area (Å²) in [5.74, 6) is 0.405. The number of carbonyl (C=O) groups is 1. The van der Waals surface area contributed by atoms with Crippen LogP contribution >= 0.6 is 0 Å². The van der Waals surface area contributed by atoms with E-state index in [1.165, 1.54) is 70.1 Å². The maximum Gasteiger partial charge on any atom is 0.224 e. The lowest BCUT2D eigenvalue weighted by atomic mass is 9.90. The quantitative estimate of drug-likeness (QED) is 0.840. The molecule has 0 spiro atoms. The Bertz CT molecular complexity index is 606. The van der Waals surface area contributed by atoms with Gasteiger partial charge in [0.1, 0.15) is 0 Å². The third-order valence-electron chi connectivity index (χ3n) is 7.24. The Balaban J connectivity index is 1.23. The molecule has 1 aromatic carbocycles. The van der Waals surface area contributed by atoms with E-state index in [0.29, 0.717) is 12.6 Å². The van der Waals surface area contributed by atoms with Gasteiger partial charge in [0.25, 0.3) is 0 Å². The molecule has 2 saturated heterocycles. The first kappa shape index (κ1) is 19.9. The lowest BCUT2D eigenvalue weighted by Crippen LogP contribution is -2.52. The maximum absolute atomic E-state index is 12.7. The molecule has 1 atom stereocenters. The van der Waals surface area contributed by atoms with Crippen LogP contribution in [0, 0.1) is 5.92 Å². The molecule has 154 valence electrons. The largest absolute Gasteiger partial charge is 0.352 e. The van der Waals surface area contributed by atoms with E-state index in [0.717, 1.165) is 25.4 Å². The molecule has 28 heavy (non-hydrogen) atoms. The fourth-order valence-electron chi connectivity index (χ4n) is 5.54. The van der Waals surface area contributed by atoms with Crippen LogP contribution in [-0.2, 0) is 11.3 Å². The normalized spacial score (nSPS) is 26.2. The molecule has 3 aliphatic rings. The van der Waals surface area contributed by atoms with Crippen LogP contribution in [-0.4, -0.2) is 54.0 Å². The predicted octanol–water partition coefficient (Wildman–Crippen LogP) is 3.81. The van der Waals surface area contributed by atoms with Crippen molar-refractivity contribution in [2.75, 3.05) is 26.2 Å². The second-order valence-corrected chi connectivity index (χ2v) is 9.10. The molecule has 2 heterocycles. The van der Waals surface area contributed by atoms with Crippen molar-refractivity contribution in [1.29, 1.82) is 0 Å². The van der Waals surface area contributed by atoms with Crippen molar-refractivity contribution in [3.05, 3.63) is 35.9 Å². The lowest BCUT2D eigenvalue weighted by molar-refractivity contribution is -0.127. The molecule has 4 rings (SSSR count). The van der Waals surface area contributed by atoms with Crippen molar-refractivity contribution < 1.29 is 4.79 Å². The highest BCUT2D eigenvalue weighted by Gasteiger charge is 2.33. The van der Waals surface area contributed by atoms with Crippen molar-refractivity contribution in [3.8, 4) is 0 Å². The smallest absolute Gasteiger partial charge is 0.224 e. The van der Waals surface area contributed by atoms with Crippen LogP contribution in [0.3, 0.4) is 0 Å². The first-order valence-corrected chi connectivity index (χ1v) is 11.6. The second-order valence-electron chi connectivity index (χ2n) is 9.10. The van der Waals surface area contributed by atoms with Crippen molar-refractivity contribution in [2.45, 2.75) is 76.4 Å². The first-order chi connectivity index (χ1) is 13.8. The summed E-state index contributed by atoms with van der Waals surface area (Å²) in [7, 11) is 0. The highest BCUT2D eigenvalue weighted by atomic mass is 16.1. The van der Waals surface area contributed by atoms with Gasteiger partial charge in [0, 0.05) is 25.2 Å². The number of nitrogens with one attached hydrogen (secondary N) is 1. The van der Waals surface area contributed by atoms with Crippen molar-refractivity contribution in [2.24, 2.45) is 5.92 Å². The summed E-state index contributed by atoms with van der Waals surface area (Å²) >= 11 is 0. The molecule has 3 fully saturated rings. The standard InChI is InChI=1S/C24H37N3O/c28-24(25-18-20-8-3-1-4-9-20)21-10-7-15-27(19-21)23-13-16-26(17-14-23)22-11-5-2-6-12-22/h1,3-4,8-9,21-23H,2,5-7,10-19H2,(H,25,28). The molecule has 2 aliphatic heterocycles. The molecule has 1 amide bonds. The van der Waals surface area contributed by atoms with E-state index < -0.39 is 0 Å². The SMILES string of the molecule is O=C(NCc1ccccc1)C1CCCN(C2CCN(C3CCCCC3)CC2)C1. The van der Waals surface area contributed by atoms with Crippen LogP contribution in [0.5, 0.6) is 0 Å². The summed E-state index contributed by atoms with van der Waals surface area (Å²) in [4.78, 5) is 18.1. The Morgan fingerprint density at radius 2 is 1.54 bits per heavy atom. The Kier molecular flexibility index (Phi) is 7.03. The van der Waals surface area contributed by atoms with Crippen molar-refractivity contribution >= 4 is 5.91 Å². The molecule has 0 radical (unpaired) electrons. The number of amides is 1. The molecule has 1 saturated carbocycles. The molecule has 1 aromatic rings. The van der Waals surface area contributed by atoms with E-state index in [1.54, 1.807) is 0 Å². The summed E-state index contributed by atoms with van der Waals surface area (Å²) in [5, 5.41) is 3.17. The molecule has 0 bridgehead atoms. The summed E-state index contributed by atoms with van der Waals surface area (Å²) in [5.41, 5.74) is 1.18. The zero-order valence-corrected chi connectivity index (χ0v) is 17.3. The summed E-state index contributed by atoms with van der Waals surface area (Å²) < 4.78 is 0. The zero-order chi connectivity index (χ0) is 19.2. The lowest BCUT2D eigenvalue weighted by Gasteiger charge is -2.44. The number of nitrogens with zero attached hydrogens (tertiary/aromatic N) is 2. The number of carbonyl (C=O) groups excluding carboxylic acids is 1. The fraction of sp³-hybridized carbons (Fsp3) is 0.708. The highest BCUT2D eigenvalue weighted by molar-refractivity contribution is 5.78. The van der Waals surface area contributed by atoms with Gasteiger partial charge in [-0.05, 0) is 63.7 Å². The number of rotatable bonds is 5. The summed E-state index contributed by atoms with van der Waals surface area (Å²) in [6.45, 7) is 5.30. The third kappa shape index (κ3) is 5.15. The summed E-state index contributed by atoms with van der Waals surface area (Å²) in [6.07, 6.45) is 11.9. The predicted molar refractivity (Wildman–Crippen MR) is 114 cm³/mol. The third-order valence-corrected chi connectivity index (χ3v) is 7.24. The summed E-state index contributed by atoms with van der Waals surface area (Å²) in [6, 6.07) is 11.8. The monoisotopic (exact) mass is 383 g/mol. The van der Waals surface area contributed by atoms with Crippen LogP contribution in [0.2, 0.25) is 0 Å². The minimum atomic E-state index is 0.161. The topological polar surface area (TPSA) is 35.6 Å². The van der Waals surface area contributed by atoms with E-state index in [-0.39, 0.29) is 11.8 Å². The van der Waals surface area contributed by atoms with E-state index in [4.69, 9.17) is 0 Å². The van der Waals surface area contributed by atoms with Gasteiger partial charge in [0.05, 0.1) is 5.92 Å². The fourth-order valence-corrected chi connectivity index (χ4v) is 5.54. The Morgan fingerprint density at radius 3 is 2.29 bits per heavy atom. The molecule has 4 nitrogen and oxygen atoms in total. The molecular weight excluding hydrogens is 346 g/mol. The molecule has 1 unspecified atom stereocenters. The van der Waals surface area contributed by atoms with Gasteiger partial charge < -0.3 is 10.2 Å². The Labute approximate surface area is 170 Å². The van der Waals surface area contributed by atoms with Gasteiger partial charge in [-0.3, -0.25) is 9.69 Å². The molecular formula is C24H37N3O. The van der Waals surface area contributed by atoms with Crippen molar-refractivity contribution in [1.82, 2.24) is 15.1 Å². The van der Waals surface area contributed by atoms with Gasteiger partial charge in [0.15, 0.2) is 0 Å². The van der Waals surface area contributed by atoms with Crippen LogP contribution < -0.4 is 5.32 Å². The zero-order valence-electron chi connectivity index (χ0n) is 17.3. The molecule has 1 N–H and O–H groups in total. The number of piperidine rings is 2. The Hall–Kier alpha value is -1.39. The van der Waals surface area contributed by atoms with Crippen molar-refractivity contribution in [3.63, 3.8) is 0 Å². The number of hydrogen-bond acceptors (Lipinski definition) is 3. The average Bonchev–Trinajstić information content (AvgIpc) is 2.79. The maximum atomic E-state index is 12.7.